The Bertz CT molecular complexity index is 968. The third-order valence-corrected chi connectivity index (χ3v) is 9.57. The van der Waals surface area contributed by atoms with Crippen molar-refractivity contribution in [3.8, 4) is 5.75 Å². The number of halogens is 4. The van der Waals surface area contributed by atoms with Gasteiger partial charge in [-0.05, 0) is 42.8 Å². The van der Waals surface area contributed by atoms with Crippen LogP contribution in [0.15, 0.2) is 54.6 Å². The van der Waals surface area contributed by atoms with Gasteiger partial charge in [-0.1, -0.05) is 121 Å². The molecule has 2 aromatic carbocycles. The average molecular weight is 699 g/mol. The molecule has 4 nitrogen and oxygen atoms in total. The largest absolute Gasteiger partial charge is 0.741 e. The molecule has 0 aliphatic carbocycles. The first kappa shape index (κ1) is 36.7. The first-order chi connectivity index (χ1) is 19.1. The Morgan fingerprint density at radius 2 is 1.02 bits per heavy atom. The minimum absolute atomic E-state index is 0.0762. The lowest BCUT2D eigenvalue weighted by molar-refractivity contribution is -0.597. The van der Waals surface area contributed by atoms with Gasteiger partial charge < -0.3 is 9.29 Å². The second-order valence-electron chi connectivity index (χ2n) is 9.90. The fraction of sp³-hybridized carbons (Fsp3) is 0.613. The fourth-order valence-electron chi connectivity index (χ4n) is 4.04. The van der Waals surface area contributed by atoms with Gasteiger partial charge in [0.05, 0.1) is 6.61 Å². The minimum Gasteiger partial charge on any atom is -0.741 e. The number of ether oxygens (including phenoxy) is 1. The molecule has 0 saturated carbocycles. The highest BCUT2D eigenvalue weighted by Crippen LogP contribution is 2.20. The van der Waals surface area contributed by atoms with Crippen LogP contribution in [0.3, 0.4) is 0 Å². The van der Waals surface area contributed by atoms with Gasteiger partial charge in [-0.3, -0.25) is 0 Å². The van der Waals surface area contributed by atoms with Gasteiger partial charge in [0.25, 0.3) is 0 Å². The number of hydrogen-bond donors (Lipinski definition) is 0. The maximum atomic E-state index is 10.7. The summed E-state index contributed by atoms with van der Waals surface area (Å²) in [5.41, 5.74) is -5.65. The van der Waals surface area contributed by atoms with Crippen LogP contribution in [0.5, 0.6) is 5.75 Å². The molecular weight excluding hydrogens is 652 g/mol. The zero-order valence-electron chi connectivity index (χ0n) is 23.8. The molecule has 0 spiro atoms. The van der Waals surface area contributed by atoms with E-state index in [4.69, 9.17) is 17.7 Å². The quantitative estimate of drug-likeness (QED) is 0.0686. The molecule has 0 amide bonds. The lowest BCUT2D eigenvalue weighted by atomic mass is 10.0. The zero-order valence-corrected chi connectivity index (χ0v) is 26.7. The highest BCUT2D eigenvalue weighted by molar-refractivity contribution is 7.86. The van der Waals surface area contributed by atoms with Gasteiger partial charge in [0.15, 0.2) is 17.3 Å². The molecule has 0 radical (unpaired) electrons. The SMILES string of the molecule is CCCCCCCCCCCCCCCCCCOc1ccc([I+]c2ccccc2)cc1.O=S(=O)([O-])C(F)(F)F. The molecule has 0 aliphatic rings. The number of hydrogen-bond acceptors (Lipinski definition) is 4. The molecule has 228 valence electrons. The molecule has 0 aromatic heterocycles. The van der Waals surface area contributed by atoms with Crippen LogP contribution in [-0.4, -0.2) is 25.1 Å². The smallest absolute Gasteiger partial charge is 0.485 e. The van der Waals surface area contributed by atoms with E-state index in [1.807, 2.05) is 0 Å². The van der Waals surface area contributed by atoms with Gasteiger partial charge in [-0.15, -0.1) is 0 Å². The monoisotopic (exact) mass is 698 g/mol. The van der Waals surface area contributed by atoms with Crippen molar-refractivity contribution >= 4 is 10.1 Å². The molecule has 2 aromatic rings. The van der Waals surface area contributed by atoms with E-state index in [2.05, 4.69) is 61.5 Å². The Hall–Kier alpha value is -1.33. The topological polar surface area (TPSA) is 66.4 Å². The van der Waals surface area contributed by atoms with Crippen molar-refractivity contribution in [1.29, 1.82) is 0 Å². The van der Waals surface area contributed by atoms with E-state index in [9.17, 15) is 13.2 Å². The van der Waals surface area contributed by atoms with Crippen LogP contribution in [0.1, 0.15) is 110 Å². The summed E-state index contributed by atoms with van der Waals surface area (Å²) in [5.74, 6) is 1.02. The van der Waals surface area contributed by atoms with Gasteiger partial charge >= 0.3 is 26.7 Å². The number of unbranched alkanes of at least 4 members (excludes halogenated alkanes) is 15. The molecule has 0 bridgehead atoms. The molecule has 0 atom stereocenters. The molecule has 40 heavy (non-hydrogen) atoms. The Morgan fingerprint density at radius 3 is 1.43 bits per heavy atom. The third kappa shape index (κ3) is 19.7. The Kier molecular flexibility index (Phi) is 20.4. The van der Waals surface area contributed by atoms with Crippen LogP contribution in [0.4, 0.5) is 13.2 Å². The van der Waals surface area contributed by atoms with Crippen LogP contribution in [0, 0.1) is 7.14 Å². The van der Waals surface area contributed by atoms with Crippen LogP contribution in [0.2, 0.25) is 0 Å². The van der Waals surface area contributed by atoms with E-state index in [0.29, 0.717) is 0 Å². The van der Waals surface area contributed by atoms with Gasteiger partial charge in [0.1, 0.15) is 5.75 Å². The molecule has 0 fully saturated rings. The zero-order chi connectivity index (χ0) is 29.5. The summed E-state index contributed by atoms with van der Waals surface area (Å²) in [7, 11) is -6.09. The fourth-order valence-corrected chi connectivity index (χ4v) is 6.25. The Balaban J connectivity index is 0.000000869. The van der Waals surface area contributed by atoms with Crippen LogP contribution in [0.25, 0.3) is 0 Å². The van der Waals surface area contributed by atoms with Gasteiger partial charge in [-0.2, -0.15) is 13.2 Å². The summed E-state index contributed by atoms with van der Waals surface area (Å²) in [5, 5.41) is 0. The summed E-state index contributed by atoms with van der Waals surface area (Å²) in [6.07, 6.45) is 22.5. The van der Waals surface area contributed by atoms with Crippen LogP contribution < -0.4 is 25.9 Å². The lowest BCUT2D eigenvalue weighted by Crippen LogP contribution is -3.61. The van der Waals surface area contributed by atoms with Crippen molar-refractivity contribution in [1.82, 2.24) is 0 Å². The van der Waals surface area contributed by atoms with Crippen molar-refractivity contribution in [2.24, 2.45) is 0 Å². The van der Waals surface area contributed by atoms with Crippen LogP contribution >= 0.6 is 0 Å². The molecule has 0 saturated heterocycles. The second-order valence-corrected chi connectivity index (χ2v) is 14.3. The first-order valence-electron chi connectivity index (χ1n) is 14.6. The summed E-state index contributed by atoms with van der Waals surface area (Å²) >= 11 is -0.0762. The molecule has 0 aliphatic heterocycles. The molecule has 0 N–H and O–H groups in total. The highest BCUT2D eigenvalue weighted by Gasteiger charge is 2.36. The maximum Gasteiger partial charge on any atom is 0.485 e. The Morgan fingerprint density at radius 1 is 0.650 bits per heavy atom. The van der Waals surface area contributed by atoms with E-state index < -0.39 is 15.6 Å². The molecule has 0 unspecified atom stereocenters. The molecule has 2 rings (SSSR count). The maximum absolute atomic E-state index is 10.7. The third-order valence-electron chi connectivity index (χ3n) is 6.32. The van der Waals surface area contributed by atoms with Crippen molar-refractivity contribution in [3.05, 3.63) is 61.7 Å². The summed E-state index contributed by atoms with van der Waals surface area (Å²) in [6.45, 7) is 3.15. The predicted molar refractivity (Wildman–Crippen MR) is 151 cm³/mol. The van der Waals surface area contributed by atoms with E-state index in [1.165, 1.54) is 110 Å². The van der Waals surface area contributed by atoms with Crippen molar-refractivity contribution in [2.45, 2.75) is 115 Å². The summed E-state index contributed by atoms with van der Waals surface area (Å²) in [6, 6.07) is 19.6. The molecular formula is C31H46F3IO4S. The number of rotatable bonds is 20. The van der Waals surface area contributed by atoms with Crippen molar-refractivity contribution in [3.63, 3.8) is 0 Å². The van der Waals surface area contributed by atoms with E-state index >= 15 is 0 Å². The standard InChI is InChI=1S/C30H46IO.CHF3O3S/c1-2-3-4-5-6-7-8-9-10-11-12-13-14-15-16-20-27-32-30-25-23-29(24-26-30)31-28-21-18-17-19-22-28;2-1(3,4)8(5,6)7/h17-19,21-26H,2-16,20,27H2,1H3;(H,5,6,7)/q+1;/p-1. The van der Waals surface area contributed by atoms with Crippen molar-refractivity contribution in [2.75, 3.05) is 6.61 Å². The van der Waals surface area contributed by atoms with E-state index in [-0.39, 0.29) is 21.2 Å². The van der Waals surface area contributed by atoms with E-state index in [0.717, 1.165) is 12.4 Å². The van der Waals surface area contributed by atoms with E-state index in [1.54, 1.807) is 0 Å². The average Bonchev–Trinajstić information content (AvgIpc) is 2.91. The molecule has 9 heteroatoms. The second kappa shape index (κ2) is 22.3. The lowest BCUT2D eigenvalue weighted by Gasteiger charge is -2.08. The summed E-state index contributed by atoms with van der Waals surface area (Å²) < 4.78 is 67.8. The van der Waals surface area contributed by atoms with Crippen molar-refractivity contribution < 1.29 is 52.1 Å². The number of benzene rings is 2. The van der Waals surface area contributed by atoms with Gasteiger partial charge in [-0.25, -0.2) is 8.42 Å². The molecule has 0 heterocycles. The summed E-state index contributed by atoms with van der Waals surface area (Å²) in [4.78, 5) is 0. The van der Waals surface area contributed by atoms with Gasteiger partial charge in [0, 0.05) is 0 Å². The van der Waals surface area contributed by atoms with Gasteiger partial charge in [0.2, 0.25) is 0 Å². The normalized spacial score (nSPS) is 11.6. The number of alkyl halides is 3. The van der Waals surface area contributed by atoms with Crippen LogP contribution in [-0.2, 0) is 10.1 Å². The predicted octanol–water partition coefficient (Wildman–Crippen LogP) is 6.51. The Labute approximate surface area is 250 Å². The minimum atomic E-state index is -6.09. The first-order valence-corrected chi connectivity index (χ1v) is 18.1. The highest BCUT2D eigenvalue weighted by atomic mass is 127.